The molecule has 0 aromatic carbocycles. The summed E-state index contributed by atoms with van der Waals surface area (Å²) in [6, 6.07) is -0.875. The Labute approximate surface area is 205 Å². The summed E-state index contributed by atoms with van der Waals surface area (Å²) >= 11 is 2.60. The molecule has 4 heterocycles. The van der Waals surface area contributed by atoms with Crippen LogP contribution >= 0.6 is 23.1 Å². The molecule has 4 N–H and O–H groups in total. The van der Waals surface area contributed by atoms with Gasteiger partial charge in [-0.15, -0.1) is 23.1 Å². The Morgan fingerprint density at radius 2 is 2.12 bits per heavy atom. The largest absolute Gasteiger partial charge is 0.477 e. The van der Waals surface area contributed by atoms with Crippen molar-refractivity contribution in [2.75, 3.05) is 65.4 Å². The summed E-state index contributed by atoms with van der Waals surface area (Å²) in [6.07, 6.45) is 0. The number of hydrogen-bond donors (Lipinski definition) is 3. The number of carboxylic acids is 1. The zero-order chi connectivity index (χ0) is 24.6. The van der Waals surface area contributed by atoms with Crippen LogP contribution in [0.3, 0.4) is 0 Å². The van der Waals surface area contributed by atoms with Crippen molar-refractivity contribution in [2.24, 2.45) is 5.16 Å². The number of nitrogens with one attached hydrogen (secondary N) is 1. The lowest BCUT2D eigenvalue weighted by molar-refractivity contribution is -0.909. The number of thioether (sulfide) groups is 1. The highest BCUT2D eigenvalue weighted by Crippen LogP contribution is 2.41. The number of quaternary nitrogens is 1. The van der Waals surface area contributed by atoms with Gasteiger partial charge in [-0.25, -0.2) is 9.78 Å². The van der Waals surface area contributed by atoms with Crippen molar-refractivity contribution in [3.63, 3.8) is 0 Å². The number of thiazole rings is 1. The molecule has 3 aliphatic rings. The van der Waals surface area contributed by atoms with Crippen molar-refractivity contribution in [1.82, 2.24) is 20.1 Å². The number of carbonyl (C=O) groups excluding carboxylic acids is 2. The molecule has 3 aliphatic heterocycles. The number of amides is 2. The minimum absolute atomic E-state index is 0.0376. The van der Waals surface area contributed by atoms with E-state index in [4.69, 9.17) is 10.6 Å². The average molecular weight is 511 g/mol. The van der Waals surface area contributed by atoms with Gasteiger partial charge in [0.1, 0.15) is 36.5 Å². The number of likely N-dealkylation sites (N-methyl/N-ethyl adjacent to an activating group) is 2. The fourth-order valence-electron chi connectivity index (χ4n) is 4.37. The zero-order valence-corrected chi connectivity index (χ0v) is 20.8. The number of carbonyl (C=O) groups is 3. The molecule has 1 aromatic rings. The number of carboxylic acid groups (broad SMARTS) is 1. The minimum atomic E-state index is -1.13. The number of nitrogens with two attached hydrogens (primary N) is 1. The first-order valence-electron chi connectivity index (χ1n) is 10.7. The van der Waals surface area contributed by atoms with Gasteiger partial charge in [0.2, 0.25) is 0 Å². The number of nitrogens with zero attached hydrogens (tertiary/aromatic N) is 5. The highest BCUT2D eigenvalue weighted by Gasteiger charge is 2.55. The van der Waals surface area contributed by atoms with Crippen LogP contribution in [0.25, 0.3) is 0 Å². The molecular formula is C20H28N7O5S2+. The number of aromatic nitrogens is 1. The molecule has 184 valence electrons. The number of anilines is 1. The molecule has 0 spiro atoms. The molecule has 1 aromatic heterocycles. The van der Waals surface area contributed by atoms with Gasteiger partial charge in [-0.05, 0) is 7.05 Å². The summed E-state index contributed by atoms with van der Waals surface area (Å²) in [5.74, 6) is -1.75. The summed E-state index contributed by atoms with van der Waals surface area (Å²) < 4.78 is 0.734. The Morgan fingerprint density at radius 1 is 1.41 bits per heavy atom. The highest BCUT2D eigenvalue weighted by atomic mass is 32.2. The molecule has 12 nitrogen and oxygen atoms in total. The van der Waals surface area contributed by atoms with Crippen LogP contribution in [0.2, 0.25) is 0 Å². The van der Waals surface area contributed by atoms with Gasteiger partial charge in [0.15, 0.2) is 10.8 Å². The average Bonchev–Trinajstić information content (AvgIpc) is 3.23. The van der Waals surface area contributed by atoms with E-state index >= 15 is 0 Å². The van der Waals surface area contributed by atoms with Crippen LogP contribution < -0.4 is 11.1 Å². The number of hydrogen-bond acceptors (Lipinski definition) is 10. The maximum atomic E-state index is 13.0. The second-order valence-corrected chi connectivity index (χ2v) is 10.8. The van der Waals surface area contributed by atoms with Crippen molar-refractivity contribution >= 4 is 51.7 Å². The standard InChI is InChI=1S/C20H27N7O5S2/c1-25-4-6-27(2,7-5-25)8-11-9-33-18-14(17(29)26(18)15(11)19(30)31)23-16(28)13(24-32-3)12-10-34-20(21)22-12/h10,14,18H,4-9H2,1-3H3,(H3-,21,22,23,28,30,31)/p+1/b24-13-/t14?,18-/m0/s1. The van der Waals surface area contributed by atoms with Crippen LogP contribution in [0.5, 0.6) is 0 Å². The predicted octanol–water partition coefficient (Wildman–Crippen LogP) is -0.794. The summed E-state index contributed by atoms with van der Waals surface area (Å²) in [6.45, 7) is 4.28. The Hall–Kier alpha value is -2.68. The van der Waals surface area contributed by atoms with Crippen LogP contribution in [-0.4, -0.2) is 119 Å². The maximum Gasteiger partial charge on any atom is 0.352 e. The third-order valence-corrected chi connectivity index (χ3v) is 8.33. The van der Waals surface area contributed by atoms with Gasteiger partial charge < -0.3 is 25.5 Å². The first-order valence-corrected chi connectivity index (χ1v) is 12.6. The van der Waals surface area contributed by atoms with Crippen LogP contribution in [0.15, 0.2) is 21.8 Å². The van der Waals surface area contributed by atoms with E-state index in [-0.39, 0.29) is 22.2 Å². The van der Waals surface area contributed by atoms with Gasteiger partial charge in [0.25, 0.3) is 11.8 Å². The molecule has 2 saturated heterocycles. The summed E-state index contributed by atoms with van der Waals surface area (Å²) in [5.41, 5.74) is 6.57. The normalized spacial score (nSPS) is 25.0. The molecule has 14 heteroatoms. The fraction of sp³-hybridized carbons (Fsp3) is 0.550. The molecule has 2 atom stereocenters. The lowest BCUT2D eigenvalue weighted by Crippen LogP contribution is -2.71. The van der Waals surface area contributed by atoms with E-state index in [9.17, 15) is 19.5 Å². The van der Waals surface area contributed by atoms with E-state index in [1.165, 1.54) is 23.8 Å². The molecule has 4 rings (SSSR count). The first-order chi connectivity index (χ1) is 16.1. The number of nitrogen functional groups attached to an aromatic ring is 1. The Balaban J connectivity index is 1.50. The van der Waals surface area contributed by atoms with Crippen molar-refractivity contribution < 1.29 is 28.8 Å². The highest BCUT2D eigenvalue weighted by molar-refractivity contribution is 8.00. The van der Waals surface area contributed by atoms with E-state index < -0.39 is 29.2 Å². The molecule has 1 unspecified atom stereocenters. The van der Waals surface area contributed by atoms with E-state index in [0.717, 1.165) is 47.6 Å². The first kappa shape index (κ1) is 24.4. The monoisotopic (exact) mass is 510 g/mol. The van der Waals surface area contributed by atoms with E-state index in [1.807, 2.05) is 0 Å². The van der Waals surface area contributed by atoms with Crippen LogP contribution in [0, 0.1) is 0 Å². The van der Waals surface area contributed by atoms with Crippen molar-refractivity contribution in [3.8, 4) is 0 Å². The van der Waals surface area contributed by atoms with E-state index in [0.29, 0.717) is 12.3 Å². The van der Waals surface area contributed by atoms with Crippen LogP contribution in [-0.2, 0) is 19.2 Å². The molecular weight excluding hydrogens is 482 g/mol. The molecule has 0 radical (unpaired) electrons. The zero-order valence-electron chi connectivity index (χ0n) is 19.2. The van der Waals surface area contributed by atoms with Gasteiger partial charge in [-0.3, -0.25) is 19.4 Å². The Bertz CT molecular complexity index is 1060. The number of fused-ring (bicyclic) bond motifs is 1. The topological polar surface area (TPSA) is 150 Å². The summed E-state index contributed by atoms with van der Waals surface area (Å²) in [5, 5.41) is 17.7. The van der Waals surface area contributed by atoms with Crippen molar-refractivity contribution in [3.05, 3.63) is 22.3 Å². The Kier molecular flexibility index (Phi) is 6.85. The number of aliphatic carboxylic acids is 1. The van der Waals surface area contributed by atoms with Crippen molar-refractivity contribution in [1.29, 1.82) is 0 Å². The summed E-state index contributed by atoms with van der Waals surface area (Å²) in [7, 11) is 5.50. The SMILES string of the molecule is CO/N=C(\C(=O)NC1C(=O)N2C(C(=O)O)=C(C[N+]3(C)CCN(C)CC3)CS[C@@H]12)c1csc(N)n1. The third kappa shape index (κ3) is 4.62. The van der Waals surface area contributed by atoms with Crippen LogP contribution in [0.4, 0.5) is 5.13 Å². The van der Waals surface area contributed by atoms with Gasteiger partial charge >= 0.3 is 5.97 Å². The van der Waals surface area contributed by atoms with Gasteiger partial charge in [-0.2, -0.15) is 0 Å². The third-order valence-electron chi connectivity index (χ3n) is 6.31. The molecule has 0 saturated carbocycles. The number of β-lactam (4-membered cyclic amide) rings is 1. The molecule has 34 heavy (non-hydrogen) atoms. The van der Waals surface area contributed by atoms with Gasteiger partial charge in [0, 0.05) is 29.8 Å². The fourth-order valence-corrected chi connectivity index (χ4v) is 6.26. The second kappa shape index (κ2) is 9.52. The second-order valence-electron chi connectivity index (χ2n) is 8.84. The van der Waals surface area contributed by atoms with E-state index in [2.05, 4.69) is 34.5 Å². The Morgan fingerprint density at radius 3 is 2.71 bits per heavy atom. The number of rotatable bonds is 7. The molecule has 2 fully saturated rings. The van der Waals surface area contributed by atoms with Gasteiger partial charge in [0.05, 0.1) is 20.1 Å². The summed E-state index contributed by atoms with van der Waals surface area (Å²) in [4.78, 5) is 50.4. The minimum Gasteiger partial charge on any atom is -0.477 e. The molecule has 0 bridgehead atoms. The van der Waals surface area contributed by atoms with Crippen LogP contribution in [0.1, 0.15) is 5.69 Å². The van der Waals surface area contributed by atoms with Crippen molar-refractivity contribution in [2.45, 2.75) is 11.4 Å². The molecule has 0 aliphatic carbocycles. The maximum absolute atomic E-state index is 13.0. The number of piperazine rings is 1. The number of oxime groups is 1. The van der Waals surface area contributed by atoms with E-state index in [1.54, 1.807) is 5.38 Å². The quantitative estimate of drug-likeness (QED) is 0.185. The van der Waals surface area contributed by atoms with Gasteiger partial charge in [-0.1, -0.05) is 5.16 Å². The smallest absolute Gasteiger partial charge is 0.352 e. The predicted molar refractivity (Wildman–Crippen MR) is 128 cm³/mol. The lowest BCUT2D eigenvalue weighted by atomic mass is 10.0. The lowest BCUT2D eigenvalue weighted by Gasteiger charge is -2.50. The molecule has 2 amide bonds.